The van der Waals surface area contributed by atoms with Crippen molar-refractivity contribution in [3.8, 4) is 11.8 Å². The van der Waals surface area contributed by atoms with Crippen LogP contribution in [0, 0.1) is 11.3 Å². The largest absolute Gasteiger partial charge is 0.500 e. The minimum atomic E-state index is -0.0587. The van der Waals surface area contributed by atoms with Gasteiger partial charge in [-0.2, -0.15) is 5.26 Å². The summed E-state index contributed by atoms with van der Waals surface area (Å²) in [5, 5.41) is 9.14. The first kappa shape index (κ1) is 19.2. The molecule has 0 fully saturated rings. The molecule has 0 amide bonds. The molecule has 1 aromatic carbocycles. The maximum Gasteiger partial charge on any atom is 0.234 e. The maximum atomic E-state index is 9.14. The summed E-state index contributed by atoms with van der Waals surface area (Å²) in [7, 11) is 1.61. The summed E-state index contributed by atoms with van der Waals surface area (Å²) < 4.78 is 13.1. The molecule has 3 aromatic rings. The van der Waals surface area contributed by atoms with Crippen molar-refractivity contribution in [3.05, 3.63) is 83.7 Å². The molecule has 6 heteroatoms. The van der Waals surface area contributed by atoms with E-state index in [1.54, 1.807) is 25.5 Å². The molecule has 0 N–H and O–H groups in total. The molecule has 2 heterocycles. The van der Waals surface area contributed by atoms with Crippen LogP contribution in [0.15, 0.2) is 72.4 Å². The van der Waals surface area contributed by atoms with Crippen LogP contribution in [0.3, 0.4) is 0 Å². The fourth-order valence-electron chi connectivity index (χ4n) is 2.78. The molecule has 2 aromatic heterocycles. The van der Waals surface area contributed by atoms with Gasteiger partial charge in [-0.15, -0.1) is 0 Å². The Hall–Kier alpha value is -3.59. The first-order chi connectivity index (χ1) is 13.6. The summed E-state index contributed by atoms with van der Waals surface area (Å²) >= 11 is 0. The third-order valence-corrected chi connectivity index (χ3v) is 4.41. The van der Waals surface area contributed by atoms with E-state index in [0.717, 1.165) is 17.0 Å². The highest BCUT2D eigenvalue weighted by Crippen LogP contribution is 2.25. The SMILES string of the molecule is C/C=C(C#N)\C=C(\OC)C(C)c1cnc2nc(COc3ccccc3)cn2c1. The Balaban J connectivity index is 1.81. The number of nitriles is 1. The van der Waals surface area contributed by atoms with Gasteiger partial charge in [-0.05, 0) is 30.7 Å². The van der Waals surface area contributed by atoms with E-state index in [1.807, 2.05) is 61.0 Å². The van der Waals surface area contributed by atoms with Gasteiger partial charge in [0, 0.05) is 24.5 Å². The number of ether oxygens (including phenoxy) is 2. The molecular weight excluding hydrogens is 352 g/mol. The van der Waals surface area contributed by atoms with Crippen molar-refractivity contribution in [1.29, 1.82) is 5.26 Å². The average molecular weight is 374 g/mol. The molecule has 28 heavy (non-hydrogen) atoms. The summed E-state index contributed by atoms with van der Waals surface area (Å²) in [6.07, 6.45) is 9.16. The van der Waals surface area contributed by atoms with Gasteiger partial charge in [0.1, 0.15) is 18.1 Å². The third-order valence-electron chi connectivity index (χ3n) is 4.41. The molecule has 1 atom stereocenters. The van der Waals surface area contributed by atoms with Gasteiger partial charge < -0.3 is 9.47 Å². The standard InChI is InChI=1S/C22H22N4O2/c1-4-17(11-23)10-21(27-3)16(2)18-12-24-22-25-19(14-26(22)13-18)15-28-20-8-6-5-7-9-20/h4-10,12-14,16H,15H2,1-3H3/b17-4+,21-10+. The van der Waals surface area contributed by atoms with Crippen molar-refractivity contribution in [2.24, 2.45) is 0 Å². The van der Waals surface area contributed by atoms with Gasteiger partial charge in [0.25, 0.3) is 0 Å². The molecule has 142 valence electrons. The lowest BCUT2D eigenvalue weighted by Crippen LogP contribution is -2.03. The average Bonchev–Trinajstić information content (AvgIpc) is 3.15. The Morgan fingerprint density at radius 1 is 1.29 bits per heavy atom. The summed E-state index contributed by atoms with van der Waals surface area (Å²) in [6.45, 7) is 4.21. The molecule has 0 aliphatic rings. The first-order valence-electron chi connectivity index (χ1n) is 8.98. The quantitative estimate of drug-likeness (QED) is 0.348. The lowest BCUT2D eigenvalue weighted by Gasteiger charge is -2.15. The van der Waals surface area contributed by atoms with Crippen LogP contribution in [0.2, 0.25) is 0 Å². The highest BCUT2D eigenvalue weighted by molar-refractivity contribution is 5.38. The van der Waals surface area contributed by atoms with E-state index < -0.39 is 0 Å². The minimum absolute atomic E-state index is 0.0587. The van der Waals surface area contributed by atoms with Crippen LogP contribution >= 0.6 is 0 Å². The number of imidazole rings is 1. The van der Waals surface area contributed by atoms with E-state index in [9.17, 15) is 0 Å². The van der Waals surface area contributed by atoms with Gasteiger partial charge in [0.05, 0.1) is 24.4 Å². The zero-order valence-corrected chi connectivity index (χ0v) is 16.2. The smallest absolute Gasteiger partial charge is 0.234 e. The number of nitrogens with zero attached hydrogens (tertiary/aromatic N) is 4. The van der Waals surface area contributed by atoms with E-state index in [4.69, 9.17) is 14.7 Å². The van der Waals surface area contributed by atoms with Gasteiger partial charge >= 0.3 is 0 Å². The Labute approximate surface area is 164 Å². The second-order valence-electron chi connectivity index (χ2n) is 6.26. The van der Waals surface area contributed by atoms with E-state index in [-0.39, 0.29) is 5.92 Å². The monoisotopic (exact) mass is 374 g/mol. The Morgan fingerprint density at radius 2 is 2.07 bits per heavy atom. The van der Waals surface area contributed by atoms with Crippen molar-refractivity contribution in [3.63, 3.8) is 0 Å². The van der Waals surface area contributed by atoms with Crippen LogP contribution in [-0.4, -0.2) is 21.5 Å². The minimum Gasteiger partial charge on any atom is -0.500 e. The van der Waals surface area contributed by atoms with Crippen LogP contribution in [-0.2, 0) is 11.3 Å². The second kappa shape index (κ2) is 8.87. The predicted molar refractivity (Wildman–Crippen MR) is 107 cm³/mol. The van der Waals surface area contributed by atoms with E-state index in [1.165, 1.54) is 0 Å². The molecule has 3 rings (SSSR count). The van der Waals surface area contributed by atoms with Gasteiger partial charge in [-0.25, -0.2) is 9.97 Å². The van der Waals surface area contributed by atoms with Gasteiger partial charge in [-0.1, -0.05) is 31.2 Å². The predicted octanol–water partition coefficient (Wildman–Crippen LogP) is 4.41. The van der Waals surface area contributed by atoms with Crippen molar-refractivity contribution >= 4 is 5.78 Å². The Kier molecular flexibility index (Phi) is 6.07. The number of allylic oxidation sites excluding steroid dienone is 4. The lowest BCUT2D eigenvalue weighted by molar-refractivity contribution is 0.268. The van der Waals surface area contributed by atoms with Crippen LogP contribution in [0.4, 0.5) is 0 Å². The van der Waals surface area contributed by atoms with Crippen molar-refractivity contribution in [2.75, 3.05) is 7.11 Å². The second-order valence-corrected chi connectivity index (χ2v) is 6.26. The molecule has 0 saturated heterocycles. The summed E-state index contributed by atoms with van der Waals surface area (Å²) in [6, 6.07) is 11.8. The summed E-state index contributed by atoms with van der Waals surface area (Å²) in [5.41, 5.74) is 2.31. The number of methoxy groups -OCH3 is 1. The van der Waals surface area contributed by atoms with Crippen molar-refractivity contribution < 1.29 is 9.47 Å². The topological polar surface area (TPSA) is 72.4 Å². The number of hydrogen-bond donors (Lipinski definition) is 0. The third kappa shape index (κ3) is 4.38. The number of benzene rings is 1. The fraction of sp³-hybridized carbons (Fsp3) is 0.227. The maximum absolute atomic E-state index is 9.14. The number of aromatic nitrogens is 3. The molecule has 1 unspecified atom stereocenters. The summed E-state index contributed by atoms with van der Waals surface area (Å²) in [5.74, 6) is 2.05. The zero-order valence-electron chi connectivity index (χ0n) is 16.2. The number of para-hydroxylation sites is 1. The molecule has 6 nitrogen and oxygen atoms in total. The Morgan fingerprint density at radius 3 is 2.75 bits per heavy atom. The van der Waals surface area contributed by atoms with Crippen molar-refractivity contribution in [2.45, 2.75) is 26.4 Å². The van der Waals surface area contributed by atoms with E-state index in [0.29, 0.717) is 23.7 Å². The highest BCUT2D eigenvalue weighted by Gasteiger charge is 2.15. The lowest BCUT2D eigenvalue weighted by atomic mass is 10.0. The van der Waals surface area contributed by atoms with Gasteiger partial charge in [-0.3, -0.25) is 4.40 Å². The number of rotatable bonds is 7. The molecule has 0 radical (unpaired) electrons. The molecule has 0 aliphatic carbocycles. The molecule has 0 saturated carbocycles. The van der Waals surface area contributed by atoms with Crippen LogP contribution in [0.5, 0.6) is 5.75 Å². The van der Waals surface area contributed by atoms with E-state index in [2.05, 4.69) is 16.0 Å². The van der Waals surface area contributed by atoms with Gasteiger partial charge in [0.2, 0.25) is 5.78 Å². The van der Waals surface area contributed by atoms with E-state index >= 15 is 0 Å². The normalized spacial score (nSPS) is 13.2. The van der Waals surface area contributed by atoms with Crippen LogP contribution in [0.25, 0.3) is 5.78 Å². The number of hydrogen-bond acceptors (Lipinski definition) is 5. The molecule has 0 bridgehead atoms. The fourth-order valence-corrected chi connectivity index (χ4v) is 2.78. The summed E-state index contributed by atoms with van der Waals surface area (Å²) in [4.78, 5) is 8.94. The van der Waals surface area contributed by atoms with Crippen LogP contribution in [0.1, 0.15) is 31.0 Å². The van der Waals surface area contributed by atoms with Crippen LogP contribution < -0.4 is 4.74 Å². The van der Waals surface area contributed by atoms with Gasteiger partial charge in [0.15, 0.2) is 0 Å². The van der Waals surface area contributed by atoms with Crippen molar-refractivity contribution in [1.82, 2.24) is 14.4 Å². The molecule has 0 aliphatic heterocycles. The molecule has 0 spiro atoms. The first-order valence-corrected chi connectivity index (χ1v) is 8.98. The molecular formula is C22H22N4O2. The number of fused-ring (bicyclic) bond motifs is 1. The zero-order chi connectivity index (χ0) is 19.9. The highest BCUT2D eigenvalue weighted by atomic mass is 16.5. The Bertz CT molecular complexity index is 1050.